The highest BCUT2D eigenvalue weighted by atomic mass is 32.2. The quantitative estimate of drug-likeness (QED) is 0.313. The van der Waals surface area contributed by atoms with Crippen LogP contribution in [0.2, 0.25) is 0 Å². The number of furan rings is 1. The first-order chi connectivity index (χ1) is 15.9. The molecule has 0 N–H and O–H groups in total. The first-order valence-corrected chi connectivity index (χ1v) is 12.3. The smallest absolute Gasteiger partial charge is 0.339 e. The summed E-state index contributed by atoms with van der Waals surface area (Å²) in [5, 5.41) is 1.84. The molecule has 33 heavy (non-hydrogen) atoms. The Kier molecular flexibility index (Phi) is 6.81. The number of carbonyl (C=O) groups excluding carboxylic acids is 1. The van der Waals surface area contributed by atoms with Crippen molar-refractivity contribution in [2.45, 2.75) is 18.0 Å². The average Bonchev–Trinajstić information content (AvgIpc) is 3.53. The van der Waals surface area contributed by atoms with Gasteiger partial charge in [0.25, 0.3) is 5.91 Å². The Morgan fingerprint density at radius 3 is 2.45 bits per heavy atom. The summed E-state index contributed by atoms with van der Waals surface area (Å²) in [6.07, 6.45) is 1.56. The number of benzene rings is 2. The fourth-order valence-electron chi connectivity index (χ4n) is 3.18. The summed E-state index contributed by atoms with van der Waals surface area (Å²) in [6, 6.07) is 19.8. The lowest BCUT2D eigenvalue weighted by Gasteiger charge is -2.21. The second-order valence-electron chi connectivity index (χ2n) is 7.08. The number of methoxy groups -OCH3 is 1. The van der Waals surface area contributed by atoms with Gasteiger partial charge in [0.1, 0.15) is 22.2 Å². The van der Waals surface area contributed by atoms with E-state index in [4.69, 9.17) is 13.3 Å². The molecule has 0 saturated heterocycles. The minimum atomic E-state index is -4.03. The third-order valence-corrected chi connectivity index (χ3v) is 6.89. The van der Waals surface area contributed by atoms with E-state index in [1.165, 1.54) is 30.6 Å². The summed E-state index contributed by atoms with van der Waals surface area (Å²) < 4.78 is 41.2. The van der Waals surface area contributed by atoms with Gasteiger partial charge in [-0.1, -0.05) is 18.2 Å². The topological polar surface area (TPSA) is 86.1 Å². The summed E-state index contributed by atoms with van der Waals surface area (Å²) in [6.45, 7) is 0.524. The normalized spacial score (nSPS) is 11.2. The van der Waals surface area contributed by atoms with Crippen molar-refractivity contribution in [1.82, 2.24) is 4.90 Å². The maximum absolute atomic E-state index is 13.0. The molecule has 0 aliphatic carbocycles. The average molecular weight is 484 g/mol. The van der Waals surface area contributed by atoms with Crippen molar-refractivity contribution < 1.29 is 26.5 Å². The predicted octanol–water partition coefficient (Wildman–Crippen LogP) is 4.96. The molecule has 9 heteroatoms. The molecule has 2 aromatic carbocycles. The van der Waals surface area contributed by atoms with Crippen LogP contribution < -0.4 is 8.92 Å². The van der Waals surface area contributed by atoms with E-state index in [-0.39, 0.29) is 29.6 Å². The van der Waals surface area contributed by atoms with Crippen molar-refractivity contribution in [2.24, 2.45) is 0 Å². The van der Waals surface area contributed by atoms with E-state index in [0.29, 0.717) is 22.0 Å². The summed E-state index contributed by atoms with van der Waals surface area (Å²) in [5.74, 6) is 1.21. The van der Waals surface area contributed by atoms with Crippen molar-refractivity contribution in [3.63, 3.8) is 0 Å². The molecule has 2 aromatic heterocycles. The first kappa shape index (κ1) is 22.6. The largest absolute Gasteiger partial charge is 0.497 e. The highest BCUT2D eigenvalue weighted by Crippen LogP contribution is 2.24. The van der Waals surface area contributed by atoms with E-state index in [1.54, 1.807) is 59.7 Å². The molecule has 0 saturated carbocycles. The SMILES string of the molecule is COc1ccc(S(=O)(=O)Oc2cccc(CN(Cc3ccco3)C(=O)c3cccs3)c2)cc1. The third-order valence-electron chi connectivity index (χ3n) is 4.77. The van der Waals surface area contributed by atoms with Gasteiger partial charge in [-0.05, 0) is 65.5 Å². The zero-order valence-electron chi connectivity index (χ0n) is 17.7. The van der Waals surface area contributed by atoms with Crippen molar-refractivity contribution in [1.29, 1.82) is 0 Å². The van der Waals surface area contributed by atoms with Gasteiger partial charge in [-0.15, -0.1) is 11.3 Å². The van der Waals surface area contributed by atoms with Crippen LogP contribution in [0, 0.1) is 0 Å². The number of nitrogens with zero attached hydrogens (tertiary/aromatic N) is 1. The lowest BCUT2D eigenvalue weighted by atomic mass is 10.2. The first-order valence-electron chi connectivity index (χ1n) is 9.97. The van der Waals surface area contributed by atoms with Crippen LogP contribution in [0.5, 0.6) is 11.5 Å². The zero-order valence-corrected chi connectivity index (χ0v) is 19.3. The number of rotatable bonds is 9. The number of amides is 1. The fraction of sp³-hybridized carbons (Fsp3) is 0.125. The van der Waals surface area contributed by atoms with Crippen LogP contribution in [-0.4, -0.2) is 26.3 Å². The lowest BCUT2D eigenvalue weighted by Crippen LogP contribution is -2.29. The molecule has 0 aliphatic rings. The van der Waals surface area contributed by atoms with Gasteiger partial charge in [-0.25, -0.2) is 0 Å². The molecule has 2 heterocycles. The summed E-state index contributed by atoms with van der Waals surface area (Å²) in [4.78, 5) is 15.3. The van der Waals surface area contributed by atoms with Crippen molar-refractivity contribution in [3.05, 3.63) is 101 Å². The van der Waals surface area contributed by atoms with Crippen LogP contribution in [0.4, 0.5) is 0 Å². The van der Waals surface area contributed by atoms with Crippen LogP contribution in [0.1, 0.15) is 21.0 Å². The van der Waals surface area contributed by atoms with Gasteiger partial charge in [0, 0.05) is 6.54 Å². The molecule has 0 bridgehead atoms. The maximum Gasteiger partial charge on any atom is 0.339 e. The number of hydrogen-bond acceptors (Lipinski definition) is 7. The lowest BCUT2D eigenvalue weighted by molar-refractivity contribution is 0.0722. The summed E-state index contributed by atoms with van der Waals surface area (Å²) >= 11 is 1.36. The Morgan fingerprint density at radius 2 is 1.79 bits per heavy atom. The third kappa shape index (κ3) is 5.63. The van der Waals surface area contributed by atoms with E-state index in [0.717, 1.165) is 0 Å². The molecule has 0 spiro atoms. The molecule has 4 rings (SSSR count). The van der Waals surface area contributed by atoms with E-state index in [2.05, 4.69) is 0 Å². The van der Waals surface area contributed by atoms with Crippen LogP contribution in [-0.2, 0) is 23.2 Å². The molecule has 7 nitrogen and oxygen atoms in total. The van der Waals surface area contributed by atoms with E-state index >= 15 is 0 Å². The van der Waals surface area contributed by atoms with Gasteiger partial charge in [0.05, 0.1) is 24.8 Å². The highest BCUT2D eigenvalue weighted by Gasteiger charge is 2.20. The Balaban J connectivity index is 1.54. The minimum absolute atomic E-state index is 0.0148. The number of hydrogen-bond donors (Lipinski definition) is 0. The van der Waals surface area contributed by atoms with Crippen LogP contribution in [0.15, 0.2) is 93.8 Å². The van der Waals surface area contributed by atoms with E-state index in [9.17, 15) is 13.2 Å². The Labute approximate surface area is 195 Å². The molecule has 170 valence electrons. The van der Waals surface area contributed by atoms with Gasteiger partial charge >= 0.3 is 10.1 Å². The fourth-order valence-corrected chi connectivity index (χ4v) is 4.79. The Bertz CT molecular complexity index is 1300. The van der Waals surface area contributed by atoms with Gasteiger partial charge in [-0.3, -0.25) is 4.79 Å². The summed E-state index contributed by atoms with van der Waals surface area (Å²) in [7, 11) is -2.52. The van der Waals surface area contributed by atoms with E-state index in [1.807, 2.05) is 17.5 Å². The second kappa shape index (κ2) is 9.93. The second-order valence-corrected chi connectivity index (χ2v) is 9.57. The monoisotopic (exact) mass is 483 g/mol. The van der Waals surface area contributed by atoms with Crippen LogP contribution in [0.3, 0.4) is 0 Å². The molecule has 0 radical (unpaired) electrons. The standard InChI is InChI=1S/C24H21NO6S2/c1-29-19-9-11-22(12-10-19)33(27,28)31-20-6-2-5-18(15-20)16-25(17-21-7-3-13-30-21)24(26)23-8-4-14-32-23/h2-15H,16-17H2,1H3. The minimum Gasteiger partial charge on any atom is -0.497 e. The molecular weight excluding hydrogens is 462 g/mol. The van der Waals surface area contributed by atoms with Gasteiger partial charge in [0.2, 0.25) is 0 Å². The molecule has 4 aromatic rings. The van der Waals surface area contributed by atoms with Gasteiger partial charge in [-0.2, -0.15) is 8.42 Å². The molecule has 0 fully saturated rings. The molecule has 1 amide bonds. The van der Waals surface area contributed by atoms with Crippen molar-refractivity contribution in [3.8, 4) is 11.5 Å². The maximum atomic E-state index is 13.0. The van der Waals surface area contributed by atoms with Crippen molar-refractivity contribution >= 4 is 27.4 Å². The Morgan fingerprint density at radius 1 is 0.970 bits per heavy atom. The Hall–Kier alpha value is -3.56. The predicted molar refractivity (Wildman–Crippen MR) is 124 cm³/mol. The zero-order chi connectivity index (χ0) is 23.3. The summed E-state index contributed by atoms with van der Waals surface area (Å²) in [5.41, 5.74) is 0.717. The number of ether oxygens (including phenoxy) is 1. The molecule has 0 unspecified atom stereocenters. The van der Waals surface area contributed by atoms with Gasteiger partial charge in [0.15, 0.2) is 0 Å². The van der Waals surface area contributed by atoms with Crippen molar-refractivity contribution in [2.75, 3.05) is 7.11 Å². The van der Waals surface area contributed by atoms with Crippen LogP contribution in [0.25, 0.3) is 0 Å². The molecule has 0 atom stereocenters. The van der Waals surface area contributed by atoms with E-state index < -0.39 is 10.1 Å². The van der Waals surface area contributed by atoms with Crippen LogP contribution >= 0.6 is 11.3 Å². The highest BCUT2D eigenvalue weighted by molar-refractivity contribution is 7.87. The molecular formula is C24H21NO6S2. The number of carbonyl (C=O) groups is 1. The number of thiophene rings is 1. The molecule has 0 aliphatic heterocycles. The van der Waals surface area contributed by atoms with Gasteiger partial charge < -0.3 is 18.2 Å².